The average Bonchev–Trinajstić information content (AvgIpc) is 1.00. The zero-order valence-electron chi connectivity index (χ0n) is 1.49. The largest absolute Gasteiger partial charge is 0 e. The van der Waals surface area contributed by atoms with E-state index in [-0.39, 0.29) is 115 Å². The molecule has 0 atom stereocenters. The summed E-state index contributed by atoms with van der Waals surface area (Å²) in [6.07, 6.45) is 0. The maximum absolute atomic E-state index is 8.39. The molecule has 0 heterocycles. The van der Waals surface area contributed by atoms with Crippen LogP contribution in [-0.4, -0.2) is 48.9 Å². The van der Waals surface area contributed by atoms with Crippen LogP contribution in [0.3, 0.4) is 0 Å². The van der Waals surface area contributed by atoms with Gasteiger partial charge in [-0.2, -0.15) is 0 Å². The zero-order chi connectivity index (χ0) is 2.00. The number of rotatable bonds is 0. The van der Waals surface area contributed by atoms with Gasteiger partial charge >= 0.3 is 76.1 Å². The number of hydrogen-bond donors (Lipinski definition) is 0. The van der Waals surface area contributed by atoms with Crippen molar-refractivity contribution in [1.29, 1.82) is 0 Å². The minimum atomic E-state index is 0. The Morgan fingerprint density at radius 3 is 1.25 bits per heavy atom. The predicted molar refractivity (Wildman–Crippen MR) is 9.23 cm³/mol. The zero-order valence-corrected chi connectivity index (χ0v) is 8.78. The van der Waals surface area contributed by atoms with Crippen LogP contribution in [0.2, 0.25) is 0 Å². The Kier molecular flexibility index (Phi) is 62.5. The molecule has 0 amide bonds. The summed E-state index contributed by atoms with van der Waals surface area (Å²) in [6, 6.07) is 0. The average molecular weight is 475 g/mol. The molecule has 0 bridgehead atoms. The van der Waals surface area contributed by atoms with Crippen LogP contribution in [0.5, 0.6) is 0 Å². The van der Waals surface area contributed by atoms with Crippen molar-refractivity contribution in [3.8, 4) is 0 Å². The molecule has 0 saturated carbocycles. The summed E-state index contributed by atoms with van der Waals surface area (Å²) in [5, 5.41) is 0. The Morgan fingerprint density at radius 1 is 1.25 bits per heavy atom. The van der Waals surface area contributed by atoms with Crippen LogP contribution >= 0.6 is 0 Å². The predicted octanol–water partition coefficient (Wildman–Crippen LogP) is -1.04. The minimum absolute atomic E-state index is 0. The Morgan fingerprint density at radius 2 is 1.25 bits per heavy atom. The molecule has 0 aliphatic carbocycles. The first-order valence-electron chi connectivity index (χ1n) is 0.204. The summed E-state index contributed by atoms with van der Waals surface area (Å²) in [5.74, 6) is 0. The second-order valence-electron chi connectivity index (χ2n) is 0. The van der Waals surface area contributed by atoms with E-state index in [2.05, 4.69) is 0 Å². The third-order valence-electron chi connectivity index (χ3n) is 0. The van der Waals surface area contributed by atoms with Gasteiger partial charge in [-0.1, -0.05) is 0 Å². The molecule has 4 heavy (non-hydrogen) atoms. The van der Waals surface area contributed by atoms with Crippen molar-refractivity contribution < 1.29 is 68.5 Å². The monoisotopic (exact) mass is 477 g/mol. The molecule has 0 aliphatic rings. The van der Waals surface area contributed by atoms with Crippen LogP contribution in [0.4, 0.5) is 0 Å². The Hall–Kier alpha value is 3.61. The normalized spacial score (nSPS) is 0.750. The van der Waals surface area contributed by atoms with Crippen molar-refractivity contribution in [2.45, 2.75) is 0 Å². The Balaban J connectivity index is -0.00000000500. The third-order valence-corrected chi connectivity index (χ3v) is 0. The van der Waals surface area contributed by atoms with E-state index in [0.29, 0.717) is 0 Å². The van der Waals surface area contributed by atoms with Gasteiger partial charge in [0.2, 0.25) is 0 Å². The first kappa shape index (κ1) is 15.6. The van der Waals surface area contributed by atoms with Crippen LogP contribution in [0.15, 0.2) is 0 Å². The van der Waals surface area contributed by atoms with Gasteiger partial charge in [0.05, 0.1) is 0 Å². The molecule has 1 radical (unpaired) electrons. The van der Waals surface area contributed by atoms with Crippen molar-refractivity contribution >= 4 is 48.9 Å². The van der Waals surface area contributed by atoms with Crippen LogP contribution in [0, 0.1) is 41.3 Å². The van der Waals surface area contributed by atoms with Gasteiger partial charge in [-0.25, -0.2) is 0 Å². The van der Waals surface area contributed by atoms with E-state index < -0.39 is 0 Å². The van der Waals surface area contributed by atoms with E-state index in [9.17, 15) is 0 Å². The van der Waals surface area contributed by atoms with Crippen molar-refractivity contribution in [1.82, 2.24) is 0 Å². The fraction of sp³-hybridized carbons (Fsp3) is 0. The molecule has 4 heteroatoms. The molecular weight excluding hydrogens is 473 g/mol. The van der Waals surface area contributed by atoms with Gasteiger partial charge in [0.15, 0.2) is 0 Å². The molecule has 0 rings (SSSR count). The summed E-state index contributed by atoms with van der Waals surface area (Å²) in [7, 11) is 0. The molecule has 0 aliphatic heterocycles. The molecule has 0 spiro atoms. The van der Waals surface area contributed by atoms with E-state index in [1.54, 1.807) is 0 Å². The first-order chi connectivity index (χ1) is 1.00. The first-order valence-corrected chi connectivity index (χ1v) is 1.67. The minimum Gasteiger partial charge on any atom is 0 e. The fourth-order valence-corrected chi connectivity index (χ4v) is 0. The second-order valence-corrected chi connectivity index (χ2v) is 0. The maximum Gasteiger partial charge on any atom is 0 e. The summed E-state index contributed by atoms with van der Waals surface area (Å²) in [6.45, 7) is 0. The summed E-state index contributed by atoms with van der Waals surface area (Å²) >= 11 is 0.0556. The molecule has 0 unspecified atom stereocenters. The van der Waals surface area contributed by atoms with Crippen LogP contribution in [0.25, 0.3) is 0 Å². The topological polar surface area (TPSA) is 17.1 Å². The molecule has 0 saturated heterocycles. The Labute approximate surface area is 114 Å². The quantitative estimate of drug-likeness (QED) is 0.410. The fourth-order valence-electron chi connectivity index (χ4n) is 0. The van der Waals surface area contributed by atoms with Gasteiger partial charge in [0.1, 0.15) is 0 Å². The van der Waals surface area contributed by atoms with Crippen LogP contribution < -0.4 is 0 Å². The van der Waals surface area contributed by atoms with Gasteiger partial charge in [-0.3, -0.25) is 0 Å². The molecule has 0 aromatic rings. The van der Waals surface area contributed by atoms with Crippen molar-refractivity contribution in [2.24, 2.45) is 0 Å². The van der Waals surface area contributed by atoms with Gasteiger partial charge in [-0.15, -0.1) is 0 Å². The maximum atomic E-state index is 8.39. The van der Waals surface area contributed by atoms with E-state index in [1.165, 1.54) is 0 Å². The molecule has 17 valence electrons. The van der Waals surface area contributed by atoms with Gasteiger partial charge in [0, 0.05) is 41.3 Å². The Bertz CT molecular complexity index is 8.00. The van der Waals surface area contributed by atoms with Crippen LogP contribution in [0.1, 0.15) is 0 Å². The van der Waals surface area contributed by atoms with Crippen molar-refractivity contribution in [2.75, 3.05) is 0 Å². The smallest absolute Gasteiger partial charge is 0 e. The number of hydrogen-bond acceptors (Lipinski definition) is 1. The van der Waals surface area contributed by atoms with Crippen molar-refractivity contribution in [3.63, 3.8) is 0 Å². The molecule has 0 N–H and O–H groups in total. The van der Waals surface area contributed by atoms with Gasteiger partial charge in [0.25, 0.3) is 0 Å². The summed E-state index contributed by atoms with van der Waals surface area (Å²) < 4.78 is 8.39. The van der Waals surface area contributed by atoms with Gasteiger partial charge in [-0.05, 0) is 0 Å². The van der Waals surface area contributed by atoms with Gasteiger partial charge < -0.3 is 0 Å². The van der Waals surface area contributed by atoms with Crippen LogP contribution in [-0.2, 0) is 27.2 Å². The second kappa shape index (κ2) is 16.0. The SMILES string of the molecule is [BaH2].[O]=[Hf].[Pr]. The van der Waals surface area contributed by atoms with E-state index in [1.807, 2.05) is 0 Å². The van der Waals surface area contributed by atoms with E-state index in [4.69, 9.17) is 2.85 Å². The molecular formula is H2BaHfOPr. The summed E-state index contributed by atoms with van der Waals surface area (Å²) in [4.78, 5) is 0. The molecule has 0 fully saturated rings. The molecule has 1 nitrogen and oxygen atoms in total. The molecule has 0 aromatic carbocycles. The van der Waals surface area contributed by atoms with E-state index >= 15 is 0 Å². The van der Waals surface area contributed by atoms with Crippen molar-refractivity contribution in [3.05, 3.63) is 0 Å². The van der Waals surface area contributed by atoms with E-state index in [0.717, 1.165) is 0 Å². The standard InChI is InChI=1S/Ba.Hf.O.Pr.2H. The summed E-state index contributed by atoms with van der Waals surface area (Å²) in [5.41, 5.74) is 0. The molecule has 0 aromatic heterocycles. The third kappa shape index (κ3) is 9.15.